The van der Waals surface area contributed by atoms with Crippen LogP contribution in [0.4, 0.5) is 0 Å². The van der Waals surface area contributed by atoms with Gasteiger partial charge < -0.3 is 0 Å². The number of aromatic nitrogens is 3. The van der Waals surface area contributed by atoms with Crippen LogP contribution in [0.5, 0.6) is 0 Å². The number of amides is 2. The molecule has 7 nitrogen and oxygen atoms in total. The van der Waals surface area contributed by atoms with Gasteiger partial charge in [-0.05, 0) is 30.2 Å². The molecular weight excluding hydrogens is 350 g/mol. The van der Waals surface area contributed by atoms with Gasteiger partial charge in [-0.15, -0.1) is 16.9 Å². The predicted octanol–water partition coefficient (Wildman–Crippen LogP) is 2.05. The van der Waals surface area contributed by atoms with Gasteiger partial charge in [0, 0.05) is 0 Å². The Balaban J connectivity index is 1.52. The number of benzene rings is 2. The third-order valence-electron chi connectivity index (χ3n) is 4.28. The van der Waals surface area contributed by atoms with Crippen molar-refractivity contribution in [2.45, 2.75) is 18.8 Å². The molecule has 2 amide bonds. The molecule has 1 unspecified atom stereocenters. The van der Waals surface area contributed by atoms with Crippen molar-refractivity contribution in [3.8, 4) is 0 Å². The van der Waals surface area contributed by atoms with Crippen LogP contribution < -0.4 is 5.43 Å². The molecule has 26 heavy (non-hydrogen) atoms. The lowest BCUT2D eigenvalue weighted by Crippen LogP contribution is -2.46. The SMILES string of the molecule is Cc1ccccc1C1SCC(=O)N1NC(=O)Cn1nnc2ccccc21. The minimum atomic E-state index is -0.310. The van der Waals surface area contributed by atoms with E-state index in [1.165, 1.54) is 21.5 Å². The molecule has 1 aromatic heterocycles. The second-order valence-corrected chi connectivity index (χ2v) is 7.12. The van der Waals surface area contributed by atoms with E-state index in [0.29, 0.717) is 5.75 Å². The molecule has 8 heteroatoms. The average Bonchev–Trinajstić information content (AvgIpc) is 3.20. The fourth-order valence-electron chi connectivity index (χ4n) is 2.98. The highest BCUT2D eigenvalue weighted by atomic mass is 32.2. The van der Waals surface area contributed by atoms with E-state index in [0.717, 1.165) is 22.2 Å². The highest BCUT2D eigenvalue weighted by molar-refractivity contribution is 8.00. The van der Waals surface area contributed by atoms with Crippen LogP contribution >= 0.6 is 11.8 Å². The van der Waals surface area contributed by atoms with Gasteiger partial charge in [0.25, 0.3) is 11.8 Å². The zero-order valence-electron chi connectivity index (χ0n) is 14.1. The zero-order chi connectivity index (χ0) is 18.1. The molecule has 1 aliphatic heterocycles. The molecule has 0 aliphatic carbocycles. The molecule has 3 aromatic rings. The molecule has 1 atom stereocenters. The van der Waals surface area contributed by atoms with Crippen molar-refractivity contribution in [1.82, 2.24) is 25.4 Å². The summed E-state index contributed by atoms with van der Waals surface area (Å²) in [6.07, 6.45) is 0. The van der Waals surface area contributed by atoms with Crippen LogP contribution in [-0.2, 0) is 16.1 Å². The number of carbonyl (C=O) groups excluding carboxylic acids is 2. The van der Waals surface area contributed by atoms with Gasteiger partial charge in [-0.2, -0.15) is 0 Å². The highest BCUT2D eigenvalue weighted by Crippen LogP contribution is 2.38. The Morgan fingerprint density at radius 2 is 2.00 bits per heavy atom. The third-order valence-corrected chi connectivity index (χ3v) is 5.48. The van der Waals surface area contributed by atoms with Crippen LogP contribution in [0.25, 0.3) is 11.0 Å². The summed E-state index contributed by atoms with van der Waals surface area (Å²) in [7, 11) is 0. The molecular formula is C18H17N5O2S. The summed E-state index contributed by atoms with van der Waals surface area (Å²) in [6, 6.07) is 15.3. The van der Waals surface area contributed by atoms with Crippen LogP contribution in [0.2, 0.25) is 0 Å². The molecule has 1 saturated heterocycles. The first kappa shape index (κ1) is 16.6. The Morgan fingerprint density at radius 3 is 2.85 bits per heavy atom. The summed E-state index contributed by atoms with van der Waals surface area (Å²) in [4.78, 5) is 24.8. The first-order valence-corrected chi connectivity index (χ1v) is 9.25. The molecule has 2 heterocycles. The maximum atomic E-state index is 12.5. The number of hydrazine groups is 1. The van der Waals surface area contributed by atoms with Gasteiger partial charge in [0.1, 0.15) is 17.4 Å². The lowest BCUT2D eigenvalue weighted by atomic mass is 10.1. The van der Waals surface area contributed by atoms with Gasteiger partial charge in [0.2, 0.25) is 0 Å². The topological polar surface area (TPSA) is 80.1 Å². The Bertz CT molecular complexity index is 986. The Morgan fingerprint density at radius 1 is 1.23 bits per heavy atom. The summed E-state index contributed by atoms with van der Waals surface area (Å²) >= 11 is 1.51. The number of carbonyl (C=O) groups is 2. The van der Waals surface area contributed by atoms with E-state index >= 15 is 0 Å². The quantitative estimate of drug-likeness (QED) is 0.763. The summed E-state index contributed by atoms with van der Waals surface area (Å²) in [5.74, 6) is -0.0823. The Labute approximate surface area is 154 Å². The molecule has 0 spiro atoms. The first-order valence-electron chi connectivity index (χ1n) is 8.20. The van der Waals surface area contributed by atoms with Crippen LogP contribution in [-0.4, -0.2) is 37.6 Å². The van der Waals surface area contributed by atoms with Gasteiger partial charge in [0.15, 0.2) is 0 Å². The summed E-state index contributed by atoms with van der Waals surface area (Å²) in [6.45, 7) is 2.00. The Kier molecular flexibility index (Phi) is 4.34. The lowest BCUT2D eigenvalue weighted by Gasteiger charge is -2.25. The van der Waals surface area contributed by atoms with Gasteiger partial charge in [-0.1, -0.05) is 41.6 Å². The van der Waals surface area contributed by atoms with E-state index in [-0.39, 0.29) is 23.7 Å². The number of nitrogens with one attached hydrogen (secondary N) is 1. The van der Waals surface area contributed by atoms with E-state index in [4.69, 9.17) is 0 Å². The maximum absolute atomic E-state index is 12.5. The lowest BCUT2D eigenvalue weighted by molar-refractivity contribution is -0.139. The van der Waals surface area contributed by atoms with Crippen molar-refractivity contribution >= 4 is 34.6 Å². The molecule has 1 fully saturated rings. The van der Waals surface area contributed by atoms with E-state index in [1.54, 1.807) is 0 Å². The van der Waals surface area contributed by atoms with Gasteiger partial charge in [-0.25, -0.2) is 9.69 Å². The average molecular weight is 367 g/mol. The molecule has 0 bridgehead atoms. The number of nitrogens with zero attached hydrogens (tertiary/aromatic N) is 4. The van der Waals surface area contributed by atoms with Gasteiger partial charge in [-0.3, -0.25) is 15.0 Å². The number of para-hydroxylation sites is 1. The summed E-state index contributed by atoms with van der Waals surface area (Å²) in [5.41, 5.74) is 6.36. The van der Waals surface area contributed by atoms with Crippen molar-refractivity contribution in [2.75, 3.05) is 5.75 Å². The summed E-state index contributed by atoms with van der Waals surface area (Å²) < 4.78 is 1.53. The standard InChI is InChI=1S/C18H17N5O2S/c1-12-6-2-3-7-13(12)18-23(17(25)11-26-18)20-16(24)10-22-15-9-5-4-8-14(15)19-21-22/h2-9,18H,10-11H2,1H3,(H,20,24). The molecule has 4 rings (SSSR count). The minimum Gasteiger partial charge on any atom is -0.272 e. The third kappa shape index (κ3) is 3.03. The number of thioether (sulfide) groups is 1. The molecule has 1 N–H and O–H groups in total. The van der Waals surface area contributed by atoms with Crippen LogP contribution in [0.1, 0.15) is 16.5 Å². The van der Waals surface area contributed by atoms with Crippen LogP contribution in [0, 0.1) is 6.92 Å². The van der Waals surface area contributed by atoms with E-state index < -0.39 is 0 Å². The van der Waals surface area contributed by atoms with Crippen LogP contribution in [0.15, 0.2) is 48.5 Å². The number of rotatable bonds is 4. The van der Waals surface area contributed by atoms with Crippen molar-refractivity contribution in [1.29, 1.82) is 0 Å². The zero-order valence-corrected chi connectivity index (χ0v) is 14.9. The molecule has 0 saturated carbocycles. The van der Waals surface area contributed by atoms with Gasteiger partial charge >= 0.3 is 0 Å². The first-order chi connectivity index (χ1) is 12.6. The largest absolute Gasteiger partial charge is 0.272 e. The van der Waals surface area contributed by atoms with E-state index in [9.17, 15) is 9.59 Å². The number of fused-ring (bicyclic) bond motifs is 1. The molecule has 132 valence electrons. The second-order valence-electron chi connectivity index (χ2n) is 6.05. The number of hydrogen-bond donors (Lipinski definition) is 1. The maximum Gasteiger partial charge on any atom is 0.260 e. The van der Waals surface area contributed by atoms with Gasteiger partial charge in [0.05, 0.1) is 11.3 Å². The smallest absolute Gasteiger partial charge is 0.260 e. The van der Waals surface area contributed by atoms with E-state index in [2.05, 4.69) is 15.7 Å². The molecule has 0 radical (unpaired) electrons. The summed E-state index contributed by atoms with van der Waals surface area (Å²) in [5, 5.41) is 9.26. The highest BCUT2D eigenvalue weighted by Gasteiger charge is 2.35. The monoisotopic (exact) mass is 367 g/mol. The Hall–Kier alpha value is -2.87. The second kappa shape index (κ2) is 6.80. The van der Waals surface area contributed by atoms with Crippen LogP contribution in [0.3, 0.4) is 0 Å². The number of aryl methyl sites for hydroxylation is 1. The molecule has 2 aromatic carbocycles. The van der Waals surface area contributed by atoms with Crippen molar-refractivity contribution < 1.29 is 9.59 Å². The van der Waals surface area contributed by atoms with Crippen molar-refractivity contribution in [3.05, 3.63) is 59.7 Å². The number of hydrogen-bond acceptors (Lipinski definition) is 5. The normalized spacial score (nSPS) is 17.0. The van der Waals surface area contributed by atoms with Crippen molar-refractivity contribution in [3.63, 3.8) is 0 Å². The molecule has 1 aliphatic rings. The van der Waals surface area contributed by atoms with Crippen molar-refractivity contribution in [2.24, 2.45) is 0 Å². The minimum absolute atomic E-state index is 0.00451. The fraction of sp³-hybridized carbons (Fsp3) is 0.222. The predicted molar refractivity (Wildman–Crippen MR) is 98.9 cm³/mol. The van der Waals surface area contributed by atoms with E-state index in [1.807, 2.05) is 55.5 Å². The fourth-order valence-corrected chi connectivity index (χ4v) is 4.18.